The van der Waals surface area contributed by atoms with Crippen LogP contribution in [0.5, 0.6) is 5.75 Å². The second-order valence-corrected chi connectivity index (χ2v) is 6.12. The molecule has 8 heteroatoms. The number of nitro groups is 1. The van der Waals surface area contributed by atoms with Gasteiger partial charge in [0.05, 0.1) is 17.6 Å². The molecular weight excluding hydrogens is 352 g/mol. The number of carbonyl (C=O) groups is 2. The van der Waals surface area contributed by atoms with Gasteiger partial charge in [-0.3, -0.25) is 14.9 Å². The molecule has 0 spiro atoms. The number of methoxy groups -OCH3 is 1. The van der Waals surface area contributed by atoms with Crippen molar-refractivity contribution < 1.29 is 24.0 Å². The van der Waals surface area contributed by atoms with Crippen LogP contribution in [-0.4, -0.2) is 30.0 Å². The van der Waals surface area contributed by atoms with E-state index < -0.39 is 22.9 Å². The molecule has 1 fully saturated rings. The summed E-state index contributed by atoms with van der Waals surface area (Å²) in [6.45, 7) is 0. The number of carbonyl (C=O) groups excluding carboxylic acids is 2. The summed E-state index contributed by atoms with van der Waals surface area (Å²) < 4.78 is 10.3. The zero-order valence-corrected chi connectivity index (χ0v) is 14.6. The Balaban J connectivity index is 1.84. The maximum Gasteiger partial charge on any atom is 0.339 e. The predicted molar refractivity (Wildman–Crippen MR) is 95.4 cm³/mol. The molecular formula is C19H18N2O6. The molecule has 0 aromatic heterocycles. The van der Waals surface area contributed by atoms with E-state index in [0.717, 1.165) is 18.9 Å². The van der Waals surface area contributed by atoms with Gasteiger partial charge in [-0.25, -0.2) is 4.79 Å². The molecule has 140 valence electrons. The first kappa shape index (κ1) is 18.4. The van der Waals surface area contributed by atoms with Crippen LogP contribution in [0.15, 0.2) is 48.5 Å². The summed E-state index contributed by atoms with van der Waals surface area (Å²) in [7, 11) is 1.30. The molecule has 0 bridgehead atoms. The van der Waals surface area contributed by atoms with Crippen LogP contribution >= 0.6 is 0 Å². The van der Waals surface area contributed by atoms with Crippen molar-refractivity contribution in [2.24, 2.45) is 0 Å². The first-order chi connectivity index (χ1) is 13.0. The summed E-state index contributed by atoms with van der Waals surface area (Å²) in [5.74, 6) is -1.22. The van der Waals surface area contributed by atoms with Crippen molar-refractivity contribution in [3.63, 3.8) is 0 Å². The normalized spacial score (nSPS) is 14.1. The summed E-state index contributed by atoms with van der Waals surface area (Å²) in [5, 5.41) is 14.0. The van der Waals surface area contributed by atoms with Gasteiger partial charge in [-0.15, -0.1) is 0 Å². The summed E-state index contributed by atoms with van der Waals surface area (Å²) in [6.07, 6.45) is 0.651. The number of hydrogen-bond donors (Lipinski definition) is 1. The molecule has 1 N–H and O–H groups in total. The van der Waals surface area contributed by atoms with Gasteiger partial charge in [0.2, 0.25) is 6.10 Å². The molecule has 2 aromatic carbocycles. The fourth-order valence-electron chi connectivity index (χ4n) is 2.54. The van der Waals surface area contributed by atoms with E-state index in [1.807, 2.05) is 0 Å². The largest absolute Gasteiger partial charge is 0.490 e. The first-order valence-corrected chi connectivity index (χ1v) is 8.38. The molecule has 1 atom stereocenters. The smallest absolute Gasteiger partial charge is 0.339 e. The minimum Gasteiger partial charge on any atom is -0.490 e. The SMILES string of the molecule is COc1ccc(C(=O)O[C@@H](C(=O)NC2CC2)c2ccccc2)cc1[N+](=O)[O-]. The number of esters is 1. The molecule has 27 heavy (non-hydrogen) atoms. The van der Waals surface area contributed by atoms with Gasteiger partial charge in [0.25, 0.3) is 5.91 Å². The van der Waals surface area contributed by atoms with Gasteiger partial charge in [-0.05, 0) is 25.0 Å². The van der Waals surface area contributed by atoms with Crippen LogP contribution < -0.4 is 10.1 Å². The zero-order valence-electron chi connectivity index (χ0n) is 14.6. The van der Waals surface area contributed by atoms with Gasteiger partial charge in [0.1, 0.15) is 0 Å². The van der Waals surface area contributed by atoms with Gasteiger partial charge >= 0.3 is 11.7 Å². The highest BCUT2D eigenvalue weighted by molar-refractivity contribution is 5.93. The number of rotatable bonds is 7. The van der Waals surface area contributed by atoms with Crippen LogP contribution in [0.3, 0.4) is 0 Å². The van der Waals surface area contributed by atoms with E-state index in [4.69, 9.17) is 9.47 Å². The van der Waals surface area contributed by atoms with E-state index in [1.165, 1.54) is 19.2 Å². The Bertz CT molecular complexity index is 864. The summed E-state index contributed by atoms with van der Waals surface area (Å²) in [6, 6.07) is 12.5. The Morgan fingerprint density at radius 1 is 1.19 bits per heavy atom. The third kappa shape index (κ3) is 4.41. The van der Waals surface area contributed by atoms with Gasteiger partial charge in [0.15, 0.2) is 5.75 Å². The number of ether oxygens (including phenoxy) is 2. The van der Waals surface area contributed by atoms with Gasteiger partial charge in [-0.1, -0.05) is 30.3 Å². The third-order valence-electron chi connectivity index (χ3n) is 4.10. The summed E-state index contributed by atoms with van der Waals surface area (Å²) >= 11 is 0. The molecule has 0 unspecified atom stereocenters. The molecule has 0 radical (unpaired) electrons. The second-order valence-electron chi connectivity index (χ2n) is 6.12. The highest BCUT2D eigenvalue weighted by Crippen LogP contribution is 2.29. The van der Waals surface area contributed by atoms with Crippen molar-refractivity contribution in [1.29, 1.82) is 0 Å². The van der Waals surface area contributed by atoms with Crippen LogP contribution in [0.4, 0.5) is 5.69 Å². The Kier molecular flexibility index (Phi) is 5.35. The third-order valence-corrected chi connectivity index (χ3v) is 4.10. The topological polar surface area (TPSA) is 108 Å². The van der Waals surface area contributed by atoms with Crippen LogP contribution in [-0.2, 0) is 9.53 Å². The van der Waals surface area contributed by atoms with Crippen molar-refractivity contribution in [3.05, 3.63) is 69.8 Å². The summed E-state index contributed by atoms with van der Waals surface area (Å²) in [4.78, 5) is 35.6. The molecule has 0 heterocycles. The van der Waals surface area contributed by atoms with Gasteiger partial charge < -0.3 is 14.8 Å². The number of amides is 1. The quantitative estimate of drug-likeness (QED) is 0.456. The fraction of sp³-hybridized carbons (Fsp3) is 0.263. The first-order valence-electron chi connectivity index (χ1n) is 8.38. The number of hydrogen-bond acceptors (Lipinski definition) is 6. The van der Waals surface area contributed by atoms with E-state index in [-0.39, 0.29) is 23.0 Å². The lowest BCUT2D eigenvalue weighted by molar-refractivity contribution is -0.385. The molecule has 1 saturated carbocycles. The van der Waals surface area contributed by atoms with Crippen molar-refractivity contribution in [3.8, 4) is 5.75 Å². The average molecular weight is 370 g/mol. The Morgan fingerprint density at radius 3 is 2.48 bits per heavy atom. The molecule has 0 aliphatic heterocycles. The van der Waals surface area contributed by atoms with Crippen LogP contribution in [0.2, 0.25) is 0 Å². The van der Waals surface area contributed by atoms with Gasteiger partial charge in [-0.2, -0.15) is 0 Å². The fourth-order valence-corrected chi connectivity index (χ4v) is 2.54. The molecule has 3 rings (SSSR count). The van der Waals surface area contributed by atoms with Crippen molar-refractivity contribution in [1.82, 2.24) is 5.32 Å². The average Bonchev–Trinajstić information content (AvgIpc) is 3.49. The van der Waals surface area contributed by atoms with Gasteiger partial charge in [0, 0.05) is 17.7 Å². The molecule has 1 aliphatic rings. The Hall–Kier alpha value is -3.42. The maximum atomic E-state index is 12.5. The second kappa shape index (κ2) is 7.86. The summed E-state index contributed by atoms with van der Waals surface area (Å²) in [5.41, 5.74) is 0.125. The van der Waals surface area contributed by atoms with Crippen LogP contribution in [0, 0.1) is 10.1 Å². The Labute approximate surface area is 155 Å². The number of nitrogens with zero attached hydrogens (tertiary/aromatic N) is 1. The van der Waals surface area contributed by atoms with E-state index in [9.17, 15) is 19.7 Å². The highest BCUT2D eigenvalue weighted by Gasteiger charge is 2.31. The molecule has 2 aromatic rings. The molecule has 1 amide bonds. The molecule has 0 saturated heterocycles. The van der Waals surface area contributed by atoms with Crippen LogP contribution in [0.25, 0.3) is 0 Å². The maximum absolute atomic E-state index is 12.5. The van der Waals surface area contributed by atoms with Crippen molar-refractivity contribution >= 4 is 17.6 Å². The zero-order chi connectivity index (χ0) is 19.4. The van der Waals surface area contributed by atoms with Crippen LogP contribution in [0.1, 0.15) is 34.9 Å². The number of nitro benzene ring substituents is 1. The lowest BCUT2D eigenvalue weighted by Crippen LogP contribution is -2.33. The molecule has 1 aliphatic carbocycles. The number of nitrogens with one attached hydrogen (secondary N) is 1. The predicted octanol–water partition coefficient (Wildman–Crippen LogP) is 2.78. The minimum atomic E-state index is -1.14. The lowest BCUT2D eigenvalue weighted by atomic mass is 10.1. The Morgan fingerprint density at radius 2 is 1.89 bits per heavy atom. The molecule has 8 nitrogen and oxygen atoms in total. The van der Waals surface area contributed by atoms with E-state index >= 15 is 0 Å². The van der Waals surface area contributed by atoms with Crippen molar-refractivity contribution in [2.75, 3.05) is 7.11 Å². The monoisotopic (exact) mass is 370 g/mol. The van der Waals surface area contributed by atoms with E-state index in [1.54, 1.807) is 30.3 Å². The lowest BCUT2D eigenvalue weighted by Gasteiger charge is -2.18. The standard InChI is InChI=1S/C19H18N2O6/c1-26-16-10-7-13(11-15(16)21(24)25)19(23)27-17(12-5-3-2-4-6-12)18(22)20-14-8-9-14/h2-7,10-11,14,17H,8-9H2,1H3,(H,20,22)/t17-/m1/s1. The highest BCUT2D eigenvalue weighted by atomic mass is 16.6. The van der Waals surface area contributed by atoms with E-state index in [0.29, 0.717) is 5.56 Å². The van der Waals surface area contributed by atoms with Crippen molar-refractivity contribution in [2.45, 2.75) is 25.0 Å². The minimum absolute atomic E-state index is 0.0302. The number of benzene rings is 2. The van der Waals surface area contributed by atoms with E-state index in [2.05, 4.69) is 5.32 Å².